The molecule has 6 nitrogen and oxygen atoms in total. The van der Waals surface area contributed by atoms with E-state index in [1.54, 1.807) is 48.8 Å². The lowest BCUT2D eigenvalue weighted by Gasteiger charge is -2.12. The number of benzene rings is 2. The van der Waals surface area contributed by atoms with Gasteiger partial charge in [-0.05, 0) is 29.3 Å². The summed E-state index contributed by atoms with van der Waals surface area (Å²) in [5.74, 6) is -1.16. The molecule has 3 aromatic rings. The predicted molar refractivity (Wildman–Crippen MR) is 110 cm³/mol. The summed E-state index contributed by atoms with van der Waals surface area (Å²) < 4.78 is 41.5. The van der Waals surface area contributed by atoms with E-state index >= 15 is 0 Å². The summed E-state index contributed by atoms with van der Waals surface area (Å²) in [5, 5.41) is 9.10. The Hall–Kier alpha value is -3.88. The van der Waals surface area contributed by atoms with E-state index in [0.29, 0.717) is 17.3 Å². The number of anilines is 1. The number of allylic oxidation sites excluding steroid dienone is 1. The quantitative estimate of drug-likeness (QED) is 0.563. The van der Waals surface area contributed by atoms with Gasteiger partial charge >= 0.3 is 6.18 Å². The van der Waals surface area contributed by atoms with Crippen LogP contribution in [0.2, 0.25) is 0 Å². The van der Waals surface area contributed by atoms with Gasteiger partial charge in [0.25, 0.3) is 0 Å². The molecular formula is C22H19F3N4O2. The molecule has 1 aromatic heterocycles. The SMILES string of the molecule is O=C(/C=C(\c1ccccc1)C(F)(F)F)NCc1cccc(NC(=O)Cn2cccn2)c1. The number of hydrogen-bond acceptors (Lipinski definition) is 3. The molecule has 2 amide bonds. The summed E-state index contributed by atoms with van der Waals surface area (Å²) >= 11 is 0. The van der Waals surface area contributed by atoms with Gasteiger partial charge in [0.1, 0.15) is 6.54 Å². The van der Waals surface area contributed by atoms with Crippen LogP contribution in [0.15, 0.2) is 79.1 Å². The Balaban J connectivity index is 1.62. The molecule has 1 heterocycles. The molecule has 0 spiro atoms. The summed E-state index contributed by atoms with van der Waals surface area (Å²) in [6.45, 7) is 0.0383. The third kappa shape index (κ3) is 6.56. The number of nitrogens with one attached hydrogen (secondary N) is 2. The molecule has 31 heavy (non-hydrogen) atoms. The number of aromatic nitrogens is 2. The van der Waals surface area contributed by atoms with E-state index in [9.17, 15) is 22.8 Å². The fraction of sp³-hybridized carbons (Fsp3) is 0.136. The predicted octanol–water partition coefficient (Wildman–Crippen LogP) is 3.78. The summed E-state index contributed by atoms with van der Waals surface area (Å²) in [6, 6.07) is 15.5. The second kappa shape index (κ2) is 9.75. The highest BCUT2D eigenvalue weighted by Crippen LogP contribution is 2.33. The lowest BCUT2D eigenvalue weighted by Crippen LogP contribution is -2.23. The first kappa shape index (κ1) is 21.8. The van der Waals surface area contributed by atoms with Crippen LogP contribution in [0.3, 0.4) is 0 Å². The third-order valence-corrected chi connectivity index (χ3v) is 4.21. The van der Waals surface area contributed by atoms with Gasteiger partial charge in [-0.3, -0.25) is 14.3 Å². The summed E-state index contributed by atoms with van der Waals surface area (Å²) in [5.41, 5.74) is 0.00361. The van der Waals surface area contributed by atoms with Gasteiger partial charge in [-0.25, -0.2) is 0 Å². The molecule has 3 rings (SSSR count). The van der Waals surface area contributed by atoms with Crippen LogP contribution in [0.1, 0.15) is 11.1 Å². The van der Waals surface area contributed by atoms with E-state index in [1.165, 1.54) is 28.9 Å². The normalized spacial score (nSPS) is 11.8. The zero-order valence-corrected chi connectivity index (χ0v) is 16.3. The van der Waals surface area contributed by atoms with Crippen molar-refractivity contribution in [2.75, 3.05) is 5.32 Å². The molecule has 0 bridgehead atoms. The van der Waals surface area contributed by atoms with Crippen molar-refractivity contribution in [3.63, 3.8) is 0 Å². The van der Waals surface area contributed by atoms with E-state index in [0.717, 1.165) is 0 Å². The lowest BCUT2D eigenvalue weighted by atomic mass is 10.1. The molecule has 0 atom stereocenters. The van der Waals surface area contributed by atoms with Crippen molar-refractivity contribution in [2.24, 2.45) is 0 Å². The lowest BCUT2D eigenvalue weighted by molar-refractivity contribution is -0.117. The second-order valence-corrected chi connectivity index (χ2v) is 6.59. The van der Waals surface area contributed by atoms with E-state index in [1.807, 2.05) is 0 Å². The summed E-state index contributed by atoms with van der Waals surface area (Å²) in [6.07, 6.45) is -0.904. The Bertz CT molecular complexity index is 1060. The monoisotopic (exact) mass is 428 g/mol. The first-order valence-corrected chi connectivity index (χ1v) is 9.29. The Morgan fingerprint density at radius 1 is 1.03 bits per heavy atom. The van der Waals surface area contributed by atoms with E-state index in [4.69, 9.17) is 0 Å². The van der Waals surface area contributed by atoms with Crippen molar-refractivity contribution in [3.05, 3.63) is 90.3 Å². The van der Waals surface area contributed by atoms with Crippen LogP contribution in [0.4, 0.5) is 18.9 Å². The van der Waals surface area contributed by atoms with E-state index in [2.05, 4.69) is 15.7 Å². The van der Waals surface area contributed by atoms with Gasteiger partial charge in [-0.15, -0.1) is 0 Å². The van der Waals surface area contributed by atoms with Crippen molar-refractivity contribution < 1.29 is 22.8 Å². The number of amides is 2. The second-order valence-electron chi connectivity index (χ2n) is 6.59. The van der Waals surface area contributed by atoms with Crippen LogP contribution in [0.5, 0.6) is 0 Å². The summed E-state index contributed by atoms with van der Waals surface area (Å²) in [7, 11) is 0. The number of carbonyl (C=O) groups excluding carboxylic acids is 2. The van der Waals surface area contributed by atoms with Gasteiger partial charge in [0.2, 0.25) is 11.8 Å². The van der Waals surface area contributed by atoms with Crippen LogP contribution in [0, 0.1) is 0 Å². The van der Waals surface area contributed by atoms with Crippen molar-refractivity contribution in [2.45, 2.75) is 19.3 Å². The Labute approximate surface area is 176 Å². The molecule has 0 fully saturated rings. The molecule has 2 N–H and O–H groups in total. The van der Waals surface area contributed by atoms with Gasteiger partial charge in [0.05, 0.1) is 5.57 Å². The molecule has 2 aromatic carbocycles. The molecule has 0 saturated carbocycles. The van der Waals surface area contributed by atoms with Crippen LogP contribution in [-0.4, -0.2) is 27.8 Å². The molecule has 0 aliphatic heterocycles. The number of rotatable bonds is 7. The number of alkyl halides is 3. The van der Waals surface area contributed by atoms with E-state index < -0.39 is 17.7 Å². The standard InChI is InChI=1S/C22H19F3N4O2/c23-22(24,25)19(17-7-2-1-3-8-17)13-20(30)26-14-16-6-4-9-18(12-16)28-21(31)15-29-11-5-10-27-29/h1-13H,14-15H2,(H,26,30)(H,28,31)/b19-13+. The van der Waals surface area contributed by atoms with Crippen LogP contribution in [0.25, 0.3) is 5.57 Å². The Kier molecular flexibility index (Phi) is 6.86. The Morgan fingerprint density at radius 2 is 1.81 bits per heavy atom. The van der Waals surface area contributed by atoms with Crippen molar-refractivity contribution in [1.82, 2.24) is 15.1 Å². The third-order valence-electron chi connectivity index (χ3n) is 4.21. The molecule has 0 unspecified atom stereocenters. The summed E-state index contributed by atoms with van der Waals surface area (Å²) in [4.78, 5) is 24.2. The number of hydrogen-bond donors (Lipinski definition) is 2. The molecule has 0 saturated heterocycles. The highest BCUT2D eigenvalue weighted by molar-refractivity contribution is 5.96. The van der Waals surface area contributed by atoms with Gasteiger partial charge in [0, 0.05) is 30.7 Å². The van der Waals surface area contributed by atoms with Crippen LogP contribution < -0.4 is 10.6 Å². The molecular weight excluding hydrogens is 409 g/mol. The van der Waals surface area contributed by atoms with Gasteiger partial charge in [-0.1, -0.05) is 42.5 Å². The van der Waals surface area contributed by atoms with Crippen molar-refractivity contribution in [1.29, 1.82) is 0 Å². The average molecular weight is 428 g/mol. The van der Waals surface area contributed by atoms with Crippen LogP contribution in [-0.2, 0) is 22.7 Å². The van der Waals surface area contributed by atoms with Gasteiger partial charge < -0.3 is 10.6 Å². The molecule has 160 valence electrons. The molecule has 9 heteroatoms. The minimum Gasteiger partial charge on any atom is -0.348 e. The first-order valence-electron chi connectivity index (χ1n) is 9.29. The maximum absolute atomic E-state index is 13.3. The van der Waals surface area contributed by atoms with E-state index in [-0.39, 0.29) is 24.6 Å². The molecule has 0 aliphatic carbocycles. The molecule has 0 aliphatic rings. The van der Waals surface area contributed by atoms with Crippen LogP contribution >= 0.6 is 0 Å². The maximum atomic E-state index is 13.3. The van der Waals surface area contributed by atoms with Gasteiger partial charge in [0.15, 0.2) is 0 Å². The zero-order valence-electron chi connectivity index (χ0n) is 16.3. The van der Waals surface area contributed by atoms with Crippen molar-refractivity contribution in [3.8, 4) is 0 Å². The fourth-order valence-corrected chi connectivity index (χ4v) is 2.82. The zero-order chi connectivity index (χ0) is 22.3. The average Bonchev–Trinajstić information content (AvgIpc) is 3.23. The largest absolute Gasteiger partial charge is 0.417 e. The highest BCUT2D eigenvalue weighted by Gasteiger charge is 2.35. The topological polar surface area (TPSA) is 76.0 Å². The first-order chi connectivity index (χ1) is 14.8. The minimum absolute atomic E-state index is 0.00186. The maximum Gasteiger partial charge on any atom is 0.417 e. The Morgan fingerprint density at radius 3 is 2.48 bits per heavy atom. The number of nitrogens with zero attached hydrogens (tertiary/aromatic N) is 2. The number of carbonyl (C=O) groups is 2. The smallest absolute Gasteiger partial charge is 0.348 e. The fourth-order valence-electron chi connectivity index (χ4n) is 2.82. The minimum atomic E-state index is -4.67. The highest BCUT2D eigenvalue weighted by atomic mass is 19.4. The molecule has 0 radical (unpaired) electrons. The van der Waals surface area contributed by atoms with Gasteiger partial charge in [-0.2, -0.15) is 18.3 Å². The number of halogens is 3. The van der Waals surface area contributed by atoms with Crippen molar-refractivity contribution >= 4 is 23.1 Å².